The Bertz CT molecular complexity index is 531. The molecule has 1 unspecified atom stereocenters. The van der Waals surface area contributed by atoms with Crippen molar-refractivity contribution < 1.29 is 13.2 Å². The predicted octanol–water partition coefficient (Wildman–Crippen LogP) is 0.683. The molecule has 1 rings (SSSR count). The van der Waals surface area contributed by atoms with Crippen LogP contribution in [-0.2, 0) is 14.8 Å². The maximum Gasteiger partial charge on any atom is 0.242 e. The van der Waals surface area contributed by atoms with Gasteiger partial charge in [0.2, 0.25) is 15.9 Å². The first-order valence-corrected chi connectivity index (χ1v) is 7.74. The first kappa shape index (κ1) is 15.6. The molecule has 8 heteroatoms. The SMILES string of the molecule is CCCS(=O)(=O)NC(C)C(=O)Nc1c(C)n[nH]c1C. The van der Waals surface area contributed by atoms with Gasteiger partial charge in [-0.25, -0.2) is 13.1 Å². The Morgan fingerprint density at radius 1 is 1.42 bits per heavy atom. The molecule has 0 radical (unpaired) electrons. The number of hydrogen-bond donors (Lipinski definition) is 3. The maximum atomic E-state index is 11.9. The van der Waals surface area contributed by atoms with Crippen molar-refractivity contribution in [3.63, 3.8) is 0 Å². The molecule has 0 aliphatic rings. The van der Waals surface area contributed by atoms with Crippen LogP contribution in [0.25, 0.3) is 0 Å². The Morgan fingerprint density at radius 2 is 2.05 bits per heavy atom. The van der Waals surface area contributed by atoms with E-state index in [-0.39, 0.29) is 5.75 Å². The lowest BCUT2D eigenvalue weighted by molar-refractivity contribution is -0.117. The van der Waals surface area contributed by atoms with Crippen molar-refractivity contribution in [2.24, 2.45) is 0 Å². The van der Waals surface area contributed by atoms with Crippen molar-refractivity contribution in [1.29, 1.82) is 0 Å². The molecule has 1 aromatic heterocycles. The molecule has 1 aromatic rings. The average molecular weight is 288 g/mol. The lowest BCUT2D eigenvalue weighted by atomic mass is 10.3. The summed E-state index contributed by atoms with van der Waals surface area (Å²) in [5.41, 5.74) is 1.98. The van der Waals surface area contributed by atoms with E-state index in [4.69, 9.17) is 0 Å². The number of carbonyl (C=O) groups is 1. The van der Waals surface area contributed by atoms with Gasteiger partial charge in [-0.1, -0.05) is 6.92 Å². The van der Waals surface area contributed by atoms with E-state index >= 15 is 0 Å². The molecule has 0 saturated carbocycles. The highest BCUT2D eigenvalue weighted by Gasteiger charge is 2.21. The normalized spacial score (nSPS) is 13.3. The maximum absolute atomic E-state index is 11.9. The molecule has 1 heterocycles. The lowest BCUT2D eigenvalue weighted by Crippen LogP contribution is -2.42. The number of hydrogen-bond acceptors (Lipinski definition) is 4. The van der Waals surface area contributed by atoms with E-state index < -0.39 is 22.0 Å². The second kappa shape index (κ2) is 6.16. The molecule has 0 spiro atoms. The van der Waals surface area contributed by atoms with Crippen molar-refractivity contribution >= 4 is 21.6 Å². The smallest absolute Gasteiger partial charge is 0.242 e. The van der Waals surface area contributed by atoms with E-state index in [0.717, 1.165) is 5.69 Å². The van der Waals surface area contributed by atoms with Crippen LogP contribution in [0, 0.1) is 13.8 Å². The van der Waals surface area contributed by atoms with E-state index in [2.05, 4.69) is 20.2 Å². The molecule has 3 N–H and O–H groups in total. The van der Waals surface area contributed by atoms with Crippen LogP contribution in [-0.4, -0.2) is 36.3 Å². The highest BCUT2D eigenvalue weighted by atomic mass is 32.2. The molecule has 1 amide bonds. The fourth-order valence-electron chi connectivity index (χ4n) is 1.62. The second-order valence-electron chi connectivity index (χ2n) is 4.46. The fourth-order valence-corrected chi connectivity index (χ4v) is 2.92. The first-order chi connectivity index (χ1) is 8.76. The minimum absolute atomic E-state index is 0.00832. The molecule has 0 fully saturated rings. The van der Waals surface area contributed by atoms with E-state index in [1.807, 2.05) is 0 Å². The van der Waals surface area contributed by atoms with Gasteiger partial charge < -0.3 is 5.32 Å². The number of nitrogens with one attached hydrogen (secondary N) is 3. The number of rotatable bonds is 6. The van der Waals surface area contributed by atoms with Gasteiger partial charge in [0.05, 0.1) is 28.9 Å². The summed E-state index contributed by atoms with van der Waals surface area (Å²) in [7, 11) is -3.41. The third-order valence-corrected chi connectivity index (χ3v) is 4.26. The van der Waals surface area contributed by atoms with Crippen LogP contribution < -0.4 is 10.0 Å². The number of nitrogens with zero attached hydrogens (tertiary/aromatic N) is 1. The Labute approximate surface area is 113 Å². The van der Waals surface area contributed by atoms with Crippen molar-refractivity contribution in [1.82, 2.24) is 14.9 Å². The topological polar surface area (TPSA) is 104 Å². The number of carbonyl (C=O) groups excluding carboxylic acids is 1. The van der Waals surface area contributed by atoms with Gasteiger partial charge >= 0.3 is 0 Å². The highest BCUT2D eigenvalue weighted by Crippen LogP contribution is 2.16. The zero-order valence-corrected chi connectivity index (χ0v) is 12.4. The number of aryl methyl sites for hydroxylation is 2. The molecule has 0 saturated heterocycles. The third-order valence-electron chi connectivity index (χ3n) is 2.60. The van der Waals surface area contributed by atoms with Gasteiger partial charge in [0.1, 0.15) is 0 Å². The number of H-pyrrole nitrogens is 1. The van der Waals surface area contributed by atoms with Crippen LogP contribution in [0.5, 0.6) is 0 Å². The summed E-state index contributed by atoms with van der Waals surface area (Å²) >= 11 is 0. The van der Waals surface area contributed by atoms with Gasteiger partial charge in [0.25, 0.3) is 0 Å². The lowest BCUT2D eigenvalue weighted by Gasteiger charge is -2.14. The zero-order chi connectivity index (χ0) is 14.6. The standard InChI is InChI=1S/C11H20N4O3S/c1-5-6-19(17,18)15-9(4)11(16)12-10-7(2)13-14-8(10)3/h9,15H,5-6H2,1-4H3,(H,12,16)(H,13,14). The van der Waals surface area contributed by atoms with E-state index in [9.17, 15) is 13.2 Å². The largest absolute Gasteiger partial charge is 0.322 e. The summed E-state index contributed by atoms with van der Waals surface area (Å²) in [6.45, 7) is 6.81. The van der Waals surface area contributed by atoms with Crippen LogP contribution >= 0.6 is 0 Å². The number of amides is 1. The minimum Gasteiger partial charge on any atom is -0.322 e. The molecule has 0 aliphatic heterocycles. The van der Waals surface area contributed by atoms with Gasteiger partial charge in [-0.2, -0.15) is 5.10 Å². The molecule has 19 heavy (non-hydrogen) atoms. The van der Waals surface area contributed by atoms with Crippen LogP contribution in [0.2, 0.25) is 0 Å². The molecular formula is C11H20N4O3S. The molecular weight excluding hydrogens is 268 g/mol. The van der Waals surface area contributed by atoms with Crippen LogP contribution in [0.3, 0.4) is 0 Å². The summed E-state index contributed by atoms with van der Waals surface area (Å²) in [5, 5.41) is 9.36. The third kappa shape index (κ3) is 4.32. The molecule has 108 valence electrons. The molecule has 7 nitrogen and oxygen atoms in total. The highest BCUT2D eigenvalue weighted by molar-refractivity contribution is 7.89. The van der Waals surface area contributed by atoms with Crippen molar-refractivity contribution in [3.05, 3.63) is 11.4 Å². The Morgan fingerprint density at radius 3 is 2.53 bits per heavy atom. The van der Waals surface area contributed by atoms with Crippen LogP contribution in [0.15, 0.2) is 0 Å². The number of aromatic nitrogens is 2. The van der Waals surface area contributed by atoms with Gasteiger partial charge in [-0.15, -0.1) is 0 Å². The summed E-state index contributed by atoms with van der Waals surface area (Å²) in [6.07, 6.45) is 0.504. The van der Waals surface area contributed by atoms with Crippen molar-refractivity contribution in [2.45, 2.75) is 40.2 Å². The Balaban J connectivity index is 2.69. The first-order valence-electron chi connectivity index (χ1n) is 6.09. The second-order valence-corrected chi connectivity index (χ2v) is 6.33. The molecule has 0 aromatic carbocycles. The summed E-state index contributed by atoms with van der Waals surface area (Å²) in [6, 6.07) is -0.828. The monoisotopic (exact) mass is 288 g/mol. The van der Waals surface area contributed by atoms with Gasteiger partial charge in [-0.05, 0) is 27.2 Å². The number of sulfonamides is 1. The Kier molecular flexibility index (Phi) is 5.07. The molecule has 0 bridgehead atoms. The van der Waals surface area contributed by atoms with Crippen LogP contribution in [0.1, 0.15) is 31.7 Å². The van der Waals surface area contributed by atoms with Gasteiger partial charge in [0.15, 0.2) is 0 Å². The zero-order valence-electron chi connectivity index (χ0n) is 11.6. The average Bonchev–Trinajstić information content (AvgIpc) is 2.59. The Hall–Kier alpha value is -1.41. The van der Waals surface area contributed by atoms with Gasteiger partial charge in [0, 0.05) is 0 Å². The minimum atomic E-state index is -3.41. The van der Waals surface area contributed by atoms with Crippen molar-refractivity contribution in [3.8, 4) is 0 Å². The van der Waals surface area contributed by atoms with Crippen molar-refractivity contribution in [2.75, 3.05) is 11.1 Å². The predicted molar refractivity (Wildman–Crippen MR) is 73.4 cm³/mol. The molecule has 0 aliphatic carbocycles. The van der Waals surface area contributed by atoms with E-state index in [1.165, 1.54) is 6.92 Å². The van der Waals surface area contributed by atoms with Gasteiger partial charge in [-0.3, -0.25) is 9.89 Å². The van der Waals surface area contributed by atoms with E-state index in [1.54, 1.807) is 20.8 Å². The molecule has 1 atom stereocenters. The summed E-state index contributed by atoms with van der Waals surface area (Å²) in [4.78, 5) is 11.9. The van der Waals surface area contributed by atoms with Crippen LogP contribution in [0.4, 0.5) is 5.69 Å². The quantitative estimate of drug-likeness (QED) is 0.716. The fraction of sp³-hybridized carbons (Fsp3) is 0.636. The number of aromatic amines is 1. The number of anilines is 1. The summed E-state index contributed by atoms with van der Waals surface area (Å²) in [5.74, 6) is -0.402. The summed E-state index contributed by atoms with van der Waals surface area (Å²) < 4.78 is 25.5. The van der Waals surface area contributed by atoms with E-state index in [0.29, 0.717) is 17.8 Å².